The van der Waals surface area contributed by atoms with E-state index in [1.54, 1.807) is 18.2 Å². The number of thiazole rings is 1. The summed E-state index contributed by atoms with van der Waals surface area (Å²) < 4.78 is 5.78. The van der Waals surface area contributed by atoms with Crippen molar-refractivity contribution >= 4 is 45.7 Å². The second-order valence-electron chi connectivity index (χ2n) is 5.78. The van der Waals surface area contributed by atoms with E-state index in [0.29, 0.717) is 21.6 Å². The summed E-state index contributed by atoms with van der Waals surface area (Å²) in [6, 6.07) is 12.7. The van der Waals surface area contributed by atoms with Gasteiger partial charge in [0.15, 0.2) is 16.6 Å². The van der Waals surface area contributed by atoms with Gasteiger partial charge in [-0.2, -0.15) is 0 Å². The molecule has 0 saturated heterocycles. The number of carbonyl (C=O) groups excluding carboxylic acids is 1. The molecular weight excluding hydrogens is 370 g/mol. The predicted octanol–water partition coefficient (Wildman–Crippen LogP) is 4.73. The topological polar surface area (TPSA) is 77.2 Å². The van der Waals surface area contributed by atoms with Gasteiger partial charge in [-0.15, -0.1) is 11.3 Å². The van der Waals surface area contributed by atoms with Crippen LogP contribution in [-0.4, -0.2) is 10.9 Å². The van der Waals surface area contributed by atoms with Gasteiger partial charge in [0, 0.05) is 15.5 Å². The third-order valence-electron chi connectivity index (χ3n) is 3.93. The van der Waals surface area contributed by atoms with Crippen LogP contribution in [0.25, 0.3) is 17.3 Å². The van der Waals surface area contributed by atoms with E-state index in [2.05, 4.69) is 10.3 Å². The summed E-state index contributed by atoms with van der Waals surface area (Å²) >= 11 is 7.32. The van der Waals surface area contributed by atoms with Crippen LogP contribution in [0.4, 0.5) is 10.8 Å². The van der Waals surface area contributed by atoms with Gasteiger partial charge >= 0.3 is 0 Å². The molecule has 0 spiro atoms. The number of nitrogens with one attached hydrogen (secondary N) is 1. The molecule has 1 amide bonds. The summed E-state index contributed by atoms with van der Waals surface area (Å²) in [6.07, 6.45) is 1.67. The predicted molar refractivity (Wildman–Crippen MR) is 105 cm³/mol. The molecule has 2 heterocycles. The van der Waals surface area contributed by atoms with Gasteiger partial charge in [0.25, 0.3) is 5.91 Å². The standard InChI is InChI=1S/C19H14ClN3O2S/c1-10-17(23-19(21)26-10)12-4-7-15-14(9-12)22-18(24)16(25-15)8-11-2-5-13(20)6-3-11/h2-9H,1H3,(H2,21,23)(H,22,24)/b16-8+. The fraction of sp³-hybridized carbons (Fsp3) is 0.0526. The maximum absolute atomic E-state index is 12.4. The van der Waals surface area contributed by atoms with Gasteiger partial charge in [-0.25, -0.2) is 4.98 Å². The van der Waals surface area contributed by atoms with Crippen LogP contribution in [0.5, 0.6) is 5.75 Å². The number of anilines is 2. The minimum Gasteiger partial charge on any atom is -0.449 e. The number of rotatable bonds is 2. The Morgan fingerprint density at radius 3 is 2.69 bits per heavy atom. The van der Waals surface area contributed by atoms with Crippen molar-refractivity contribution < 1.29 is 9.53 Å². The van der Waals surface area contributed by atoms with Crippen molar-refractivity contribution in [3.8, 4) is 17.0 Å². The first-order valence-corrected chi connectivity index (χ1v) is 9.03. The van der Waals surface area contributed by atoms with Gasteiger partial charge in [-0.05, 0) is 48.9 Å². The number of halogens is 1. The lowest BCUT2D eigenvalue weighted by molar-refractivity contribution is -0.115. The number of aromatic nitrogens is 1. The Bertz CT molecular complexity index is 1040. The molecule has 4 rings (SSSR count). The zero-order valence-electron chi connectivity index (χ0n) is 13.7. The van der Waals surface area contributed by atoms with Crippen molar-refractivity contribution in [2.24, 2.45) is 0 Å². The van der Waals surface area contributed by atoms with Crippen LogP contribution >= 0.6 is 22.9 Å². The summed E-state index contributed by atoms with van der Waals surface area (Å²) in [6.45, 7) is 1.96. The third kappa shape index (κ3) is 3.16. The Morgan fingerprint density at radius 1 is 1.23 bits per heavy atom. The van der Waals surface area contributed by atoms with E-state index in [0.717, 1.165) is 21.7 Å². The molecule has 7 heteroatoms. The van der Waals surface area contributed by atoms with Crippen LogP contribution in [0.2, 0.25) is 5.02 Å². The zero-order valence-corrected chi connectivity index (χ0v) is 15.3. The largest absolute Gasteiger partial charge is 0.449 e. The Labute approximate surface area is 159 Å². The SMILES string of the molecule is Cc1sc(N)nc1-c1ccc2c(c1)NC(=O)/C(=C\c1ccc(Cl)cc1)O2. The zero-order chi connectivity index (χ0) is 18.3. The minimum absolute atomic E-state index is 0.224. The summed E-state index contributed by atoms with van der Waals surface area (Å²) in [4.78, 5) is 17.8. The first kappa shape index (κ1) is 16.6. The third-order valence-corrected chi connectivity index (χ3v) is 4.98. The van der Waals surface area contributed by atoms with E-state index in [4.69, 9.17) is 22.1 Å². The number of fused-ring (bicyclic) bond motifs is 1. The number of aryl methyl sites for hydroxylation is 1. The van der Waals surface area contributed by atoms with Crippen LogP contribution in [0.3, 0.4) is 0 Å². The average molecular weight is 384 g/mol. The Kier molecular flexibility index (Phi) is 4.14. The van der Waals surface area contributed by atoms with E-state index in [1.165, 1.54) is 11.3 Å². The number of nitrogens with two attached hydrogens (primary N) is 1. The van der Waals surface area contributed by atoms with Crippen molar-refractivity contribution in [2.75, 3.05) is 11.1 Å². The Morgan fingerprint density at radius 2 is 2.00 bits per heavy atom. The fourth-order valence-electron chi connectivity index (χ4n) is 2.70. The summed E-state index contributed by atoms with van der Waals surface area (Å²) in [5.41, 5.74) is 8.90. The molecule has 1 aliphatic rings. The Balaban J connectivity index is 1.66. The van der Waals surface area contributed by atoms with Gasteiger partial charge < -0.3 is 15.8 Å². The van der Waals surface area contributed by atoms with Crippen LogP contribution in [-0.2, 0) is 4.79 Å². The van der Waals surface area contributed by atoms with Gasteiger partial charge in [0.1, 0.15) is 0 Å². The molecule has 0 fully saturated rings. The highest BCUT2D eigenvalue weighted by atomic mass is 35.5. The van der Waals surface area contributed by atoms with Gasteiger partial charge in [-0.1, -0.05) is 23.7 Å². The molecule has 2 aromatic carbocycles. The number of hydrogen-bond acceptors (Lipinski definition) is 5. The molecule has 5 nitrogen and oxygen atoms in total. The molecule has 0 radical (unpaired) electrons. The normalized spacial score (nSPS) is 14.7. The number of benzene rings is 2. The number of hydrogen-bond donors (Lipinski definition) is 2. The highest BCUT2D eigenvalue weighted by Crippen LogP contribution is 2.37. The van der Waals surface area contributed by atoms with E-state index < -0.39 is 0 Å². The molecule has 26 heavy (non-hydrogen) atoms. The van der Waals surface area contributed by atoms with Gasteiger partial charge in [0.2, 0.25) is 0 Å². The second kappa shape index (κ2) is 6.48. The van der Waals surface area contributed by atoms with Crippen molar-refractivity contribution in [2.45, 2.75) is 6.92 Å². The smallest absolute Gasteiger partial charge is 0.291 e. The highest BCUT2D eigenvalue weighted by molar-refractivity contribution is 7.15. The summed E-state index contributed by atoms with van der Waals surface area (Å²) in [5, 5.41) is 4.02. The molecule has 0 unspecified atom stereocenters. The van der Waals surface area contributed by atoms with E-state index in [1.807, 2.05) is 37.3 Å². The number of ether oxygens (including phenoxy) is 1. The molecule has 3 aromatic rings. The second-order valence-corrected chi connectivity index (χ2v) is 7.46. The first-order chi connectivity index (χ1) is 12.5. The van der Waals surface area contributed by atoms with E-state index in [-0.39, 0.29) is 11.7 Å². The first-order valence-electron chi connectivity index (χ1n) is 7.83. The molecule has 0 atom stereocenters. The number of carbonyl (C=O) groups is 1. The molecule has 1 aromatic heterocycles. The number of amides is 1. The van der Waals surface area contributed by atoms with Crippen molar-refractivity contribution in [1.29, 1.82) is 0 Å². The van der Waals surface area contributed by atoms with Crippen molar-refractivity contribution in [1.82, 2.24) is 4.98 Å². The maximum Gasteiger partial charge on any atom is 0.291 e. The molecule has 130 valence electrons. The lowest BCUT2D eigenvalue weighted by atomic mass is 10.1. The average Bonchev–Trinajstić information content (AvgIpc) is 2.95. The van der Waals surface area contributed by atoms with Crippen LogP contribution < -0.4 is 15.8 Å². The summed E-state index contributed by atoms with van der Waals surface area (Å²) in [7, 11) is 0. The molecular formula is C19H14ClN3O2S. The van der Waals surface area contributed by atoms with Crippen LogP contribution in [0, 0.1) is 6.92 Å². The fourth-order valence-corrected chi connectivity index (χ4v) is 3.54. The molecule has 0 bridgehead atoms. The molecule has 0 saturated carbocycles. The van der Waals surface area contributed by atoms with Crippen molar-refractivity contribution in [3.05, 3.63) is 63.7 Å². The molecule has 0 aliphatic carbocycles. The monoisotopic (exact) mass is 383 g/mol. The van der Waals surface area contributed by atoms with Gasteiger partial charge in [-0.3, -0.25) is 4.79 Å². The van der Waals surface area contributed by atoms with E-state index >= 15 is 0 Å². The number of nitrogen functional groups attached to an aromatic ring is 1. The summed E-state index contributed by atoms with van der Waals surface area (Å²) in [5.74, 6) is 0.496. The lowest BCUT2D eigenvalue weighted by Gasteiger charge is -2.20. The Hall–Kier alpha value is -2.83. The minimum atomic E-state index is -0.306. The maximum atomic E-state index is 12.4. The van der Waals surface area contributed by atoms with Crippen molar-refractivity contribution in [3.63, 3.8) is 0 Å². The van der Waals surface area contributed by atoms with E-state index in [9.17, 15) is 4.79 Å². The van der Waals surface area contributed by atoms with Crippen LogP contribution in [0.1, 0.15) is 10.4 Å². The van der Waals surface area contributed by atoms with Crippen LogP contribution in [0.15, 0.2) is 48.2 Å². The quantitative estimate of drug-likeness (QED) is 0.627. The molecule has 3 N–H and O–H groups in total. The van der Waals surface area contributed by atoms with Gasteiger partial charge in [0.05, 0.1) is 11.4 Å². The highest BCUT2D eigenvalue weighted by Gasteiger charge is 2.23. The number of nitrogens with zero attached hydrogens (tertiary/aromatic N) is 1. The molecule has 1 aliphatic heterocycles. The lowest BCUT2D eigenvalue weighted by Crippen LogP contribution is -2.23.